The highest BCUT2D eigenvalue weighted by Gasteiger charge is 2.56. The molecule has 0 bridgehead atoms. The number of carbonyl (C=O) groups is 3. The molecule has 1 aliphatic carbocycles. The maximum atomic E-state index is 13.7. The molecule has 0 saturated carbocycles. The lowest BCUT2D eigenvalue weighted by molar-refractivity contribution is -0.123. The fourth-order valence-corrected chi connectivity index (χ4v) is 4.99. The molecule has 0 saturated heterocycles. The normalized spacial score (nSPS) is 20.9. The van der Waals surface area contributed by atoms with Gasteiger partial charge in [0.2, 0.25) is 0 Å². The van der Waals surface area contributed by atoms with Crippen LogP contribution in [0.3, 0.4) is 0 Å². The van der Waals surface area contributed by atoms with E-state index >= 15 is 0 Å². The van der Waals surface area contributed by atoms with E-state index in [2.05, 4.69) is 5.32 Å². The predicted molar refractivity (Wildman–Crippen MR) is 119 cm³/mol. The van der Waals surface area contributed by atoms with Crippen molar-refractivity contribution in [2.75, 3.05) is 6.54 Å². The fourth-order valence-electron chi connectivity index (χ4n) is 4.28. The third-order valence-corrected chi connectivity index (χ3v) is 7.04. The number of phenols is 2. The lowest BCUT2D eigenvalue weighted by Crippen LogP contribution is -2.41. The molecule has 2 aromatic rings. The van der Waals surface area contributed by atoms with Crippen LogP contribution in [0.15, 0.2) is 40.6 Å². The average Bonchev–Trinajstić information content (AvgIpc) is 3.33. The molecule has 1 aromatic heterocycles. The Balaban J connectivity index is 1.79. The van der Waals surface area contributed by atoms with Crippen molar-refractivity contribution < 1.29 is 29.3 Å². The number of ether oxygens (including phenoxy) is 1. The van der Waals surface area contributed by atoms with Crippen LogP contribution in [0.4, 0.5) is 0 Å². The minimum atomic E-state index is -1.50. The minimum Gasteiger partial charge on any atom is -0.507 e. The molecule has 4 rings (SSSR count). The van der Waals surface area contributed by atoms with Gasteiger partial charge in [-0.3, -0.25) is 14.4 Å². The summed E-state index contributed by atoms with van der Waals surface area (Å²) >= 11 is 1.63. The number of ketones is 3. The number of nitrogens with one attached hydrogen (secondary N) is 1. The molecule has 0 amide bonds. The summed E-state index contributed by atoms with van der Waals surface area (Å²) in [5.74, 6) is -2.32. The minimum absolute atomic E-state index is 0.0200. The van der Waals surface area contributed by atoms with Gasteiger partial charge in [0.05, 0.1) is 11.1 Å². The highest BCUT2D eigenvalue weighted by atomic mass is 32.1. The number of hydrogen-bond donors (Lipinski definition) is 3. The van der Waals surface area contributed by atoms with Crippen LogP contribution in [0.5, 0.6) is 17.2 Å². The number of Topliss-reactive ketones (excluding diaryl/α,β-unsaturated/α-hetero) is 2. The molecule has 1 aliphatic heterocycles. The maximum absolute atomic E-state index is 13.7. The molecule has 0 spiro atoms. The highest BCUT2D eigenvalue weighted by molar-refractivity contribution is 7.09. The molecule has 1 atom stereocenters. The Morgan fingerprint density at radius 1 is 1.22 bits per heavy atom. The Morgan fingerprint density at radius 2 is 1.94 bits per heavy atom. The molecule has 1 aromatic carbocycles. The second-order valence-electron chi connectivity index (χ2n) is 8.14. The van der Waals surface area contributed by atoms with Gasteiger partial charge in [0, 0.05) is 28.8 Å². The van der Waals surface area contributed by atoms with Crippen LogP contribution in [0.2, 0.25) is 0 Å². The first kappa shape index (κ1) is 21.8. The summed E-state index contributed by atoms with van der Waals surface area (Å²) in [6, 6.07) is 3.98. The molecular formula is C24H23NO6S. The van der Waals surface area contributed by atoms with Gasteiger partial charge in [-0.1, -0.05) is 6.07 Å². The molecule has 7 nitrogen and oxygen atoms in total. The van der Waals surface area contributed by atoms with E-state index in [1.807, 2.05) is 17.5 Å². The smallest absolute Gasteiger partial charge is 0.194 e. The van der Waals surface area contributed by atoms with Crippen molar-refractivity contribution in [1.29, 1.82) is 0 Å². The highest BCUT2D eigenvalue weighted by Crippen LogP contribution is 2.57. The van der Waals surface area contributed by atoms with E-state index < -0.39 is 28.5 Å². The first-order valence-electron chi connectivity index (χ1n) is 10.1. The Morgan fingerprint density at radius 3 is 2.56 bits per heavy atom. The van der Waals surface area contributed by atoms with Crippen molar-refractivity contribution in [2.24, 2.45) is 0 Å². The number of aromatic hydroxyl groups is 2. The van der Waals surface area contributed by atoms with Crippen LogP contribution in [-0.4, -0.2) is 34.1 Å². The van der Waals surface area contributed by atoms with Gasteiger partial charge in [0.15, 0.2) is 17.3 Å². The van der Waals surface area contributed by atoms with Gasteiger partial charge in [-0.05, 0) is 45.6 Å². The molecular weight excluding hydrogens is 430 g/mol. The third-order valence-electron chi connectivity index (χ3n) is 6.10. The van der Waals surface area contributed by atoms with Gasteiger partial charge in [0.25, 0.3) is 0 Å². The first-order valence-corrected chi connectivity index (χ1v) is 11.0. The largest absolute Gasteiger partial charge is 0.507 e. The Bertz CT molecular complexity index is 1240. The summed E-state index contributed by atoms with van der Waals surface area (Å²) < 4.78 is 5.76. The molecule has 2 heterocycles. The summed E-state index contributed by atoms with van der Waals surface area (Å²) in [5.41, 5.74) is -1.05. The number of phenolic OH excluding ortho intramolecular Hbond substituents is 2. The summed E-state index contributed by atoms with van der Waals surface area (Å²) in [4.78, 5) is 39.9. The van der Waals surface area contributed by atoms with Crippen molar-refractivity contribution in [1.82, 2.24) is 5.32 Å². The van der Waals surface area contributed by atoms with E-state index in [9.17, 15) is 24.6 Å². The quantitative estimate of drug-likeness (QED) is 0.361. The first-order chi connectivity index (χ1) is 15.1. The van der Waals surface area contributed by atoms with Crippen molar-refractivity contribution in [2.45, 2.75) is 39.5 Å². The average molecular weight is 454 g/mol. The number of hydrogen-bond acceptors (Lipinski definition) is 8. The summed E-state index contributed by atoms with van der Waals surface area (Å²) in [6.45, 7) is 6.48. The summed E-state index contributed by atoms with van der Waals surface area (Å²) in [5, 5.41) is 26.4. The second kappa shape index (κ2) is 7.63. The van der Waals surface area contributed by atoms with Crippen LogP contribution < -0.4 is 10.1 Å². The van der Waals surface area contributed by atoms with Crippen molar-refractivity contribution in [3.8, 4) is 17.2 Å². The molecule has 166 valence electrons. The van der Waals surface area contributed by atoms with Gasteiger partial charge < -0.3 is 20.3 Å². The lowest BCUT2D eigenvalue weighted by Gasteiger charge is -2.29. The van der Waals surface area contributed by atoms with Crippen LogP contribution in [0.25, 0.3) is 0 Å². The summed E-state index contributed by atoms with van der Waals surface area (Å²) in [7, 11) is 0. The van der Waals surface area contributed by atoms with E-state index in [0.29, 0.717) is 12.2 Å². The topological polar surface area (TPSA) is 113 Å². The number of benzene rings is 1. The molecule has 0 radical (unpaired) electrons. The summed E-state index contributed by atoms with van der Waals surface area (Å²) in [6.07, 6.45) is 1.97. The Kier molecular flexibility index (Phi) is 5.21. The Hall–Kier alpha value is -3.39. The zero-order valence-corrected chi connectivity index (χ0v) is 19.0. The molecule has 3 N–H and O–H groups in total. The van der Waals surface area contributed by atoms with E-state index in [1.54, 1.807) is 25.2 Å². The SMILES string of the molecule is CC(=O)c1c(O)c(C)c(O)c2c1OC1=CC(=O)C(=C(C)NCCc3cccs3)C(=O)[C@@]12C. The number of rotatable bonds is 5. The van der Waals surface area contributed by atoms with E-state index in [1.165, 1.54) is 24.8 Å². The monoisotopic (exact) mass is 453 g/mol. The molecule has 0 fully saturated rings. The van der Waals surface area contributed by atoms with Gasteiger partial charge in [-0.2, -0.15) is 0 Å². The molecule has 32 heavy (non-hydrogen) atoms. The van der Waals surface area contributed by atoms with Crippen LogP contribution in [0, 0.1) is 6.92 Å². The number of fused-ring (bicyclic) bond motifs is 3. The maximum Gasteiger partial charge on any atom is 0.194 e. The van der Waals surface area contributed by atoms with Crippen molar-refractivity contribution in [3.05, 3.63) is 62.2 Å². The Labute approximate surface area is 189 Å². The second-order valence-corrected chi connectivity index (χ2v) is 9.17. The van der Waals surface area contributed by atoms with Crippen LogP contribution in [0.1, 0.15) is 47.1 Å². The van der Waals surface area contributed by atoms with Crippen LogP contribution in [-0.2, 0) is 21.4 Å². The standard InChI is InChI=1S/C24H23NO6S/c1-11-20(28)18(13(3)26)22-19(21(11)29)24(4)16(31-22)10-15(27)17(23(24)30)12(2)25-8-7-14-6-5-9-32-14/h5-6,9-10,25,28-29H,7-8H2,1-4H3/t24-/m0/s1. The van der Waals surface area contributed by atoms with Crippen LogP contribution >= 0.6 is 11.3 Å². The molecule has 8 heteroatoms. The number of carbonyl (C=O) groups excluding carboxylic acids is 3. The molecule has 0 unspecified atom stereocenters. The van der Waals surface area contributed by atoms with Crippen molar-refractivity contribution >= 4 is 28.7 Å². The van der Waals surface area contributed by atoms with Gasteiger partial charge in [-0.25, -0.2) is 0 Å². The van der Waals surface area contributed by atoms with Crippen molar-refractivity contribution in [3.63, 3.8) is 0 Å². The lowest BCUT2D eigenvalue weighted by atomic mass is 9.70. The predicted octanol–water partition coefficient (Wildman–Crippen LogP) is 3.46. The fraction of sp³-hybridized carbons (Fsp3) is 0.292. The molecule has 2 aliphatic rings. The zero-order valence-electron chi connectivity index (χ0n) is 18.2. The third kappa shape index (κ3) is 3.05. The van der Waals surface area contributed by atoms with Gasteiger partial charge >= 0.3 is 0 Å². The van der Waals surface area contributed by atoms with Gasteiger partial charge in [-0.15, -0.1) is 11.3 Å². The number of thiophene rings is 1. The zero-order chi connectivity index (χ0) is 23.4. The van der Waals surface area contributed by atoms with E-state index in [-0.39, 0.29) is 39.5 Å². The van der Waals surface area contributed by atoms with E-state index in [0.717, 1.165) is 6.42 Å². The number of allylic oxidation sites excluding steroid dienone is 4. The van der Waals surface area contributed by atoms with Gasteiger partial charge in [0.1, 0.15) is 34.0 Å². The van der Waals surface area contributed by atoms with E-state index in [4.69, 9.17) is 4.74 Å².